The van der Waals surface area contributed by atoms with Gasteiger partial charge in [-0.1, -0.05) is 34.7 Å². The number of β-lactam (4-membered cyclic amide) rings is 1. The second-order valence-electron chi connectivity index (χ2n) is 7.13. The molecule has 4 rings (SSSR count). The van der Waals surface area contributed by atoms with Gasteiger partial charge in [-0.25, -0.2) is 4.79 Å². The summed E-state index contributed by atoms with van der Waals surface area (Å²) in [7, 11) is 1.12. The molecule has 0 unspecified atom stereocenters. The van der Waals surface area contributed by atoms with E-state index in [9.17, 15) is 32.7 Å². The fraction of sp³-hybridized carbons (Fsp3) is 0.412. The molecule has 2 amide bonds. The molecule has 4 heterocycles. The van der Waals surface area contributed by atoms with E-state index in [0.29, 0.717) is 14.6 Å². The molecular formula is C17H14ClF3N6O4S3. The summed E-state index contributed by atoms with van der Waals surface area (Å²) in [6.07, 6.45) is -4.86. The SMILES string of the molecule is Cc1nnc(SCC2=C(C(=O)O)N3C(=O)[C@@H](NC(=O)c4c(Cl)c(C(F)(F)F)nn4C)[C@@H]3SC2)s1. The van der Waals surface area contributed by atoms with Crippen molar-refractivity contribution in [3.8, 4) is 0 Å². The normalized spacial score (nSPS) is 20.3. The molecule has 0 aliphatic carbocycles. The molecule has 2 aromatic rings. The van der Waals surface area contributed by atoms with Crippen molar-refractivity contribution in [2.75, 3.05) is 11.5 Å². The molecule has 2 atom stereocenters. The number of carboxylic acid groups (broad SMARTS) is 1. The van der Waals surface area contributed by atoms with Crippen LogP contribution >= 0.6 is 46.5 Å². The molecule has 34 heavy (non-hydrogen) atoms. The molecule has 0 aromatic carbocycles. The van der Waals surface area contributed by atoms with Crippen LogP contribution in [0, 0.1) is 6.92 Å². The van der Waals surface area contributed by atoms with E-state index in [1.807, 2.05) is 0 Å². The molecule has 2 aliphatic heterocycles. The van der Waals surface area contributed by atoms with Crippen LogP contribution in [0.5, 0.6) is 0 Å². The van der Waals surface area contributed by atoms with Crippen molar-refractivity contribution < 1.29 is 32.7 Å². The van der Waals surface area contributed by atoms with E-state index in [1.165, 1.54) is 34.9 Å². The molecule has 2 aromatic heterocycles. The number of aryl methyl sites for hydroxylation is 2. The first-order valence-electron chi connectivity index (χ1n) is 9.33. The number of nitrogens with one attached hydrogen (secondary N) is 1. The number of hydrogen-bond acceptors (Lipinski definition) is 9. The van der Waals surface area contributed by atoms with Crippen LogP contribution in [0.25, 0.3) is 0 Å². The average Bonchev–Trinajstić information content (AvgIpc) is 3.31. The third-order valence-electron chi connectivity index (χ3n) is 4.89. The summed E-state index contributed by atoms with van der Waals surface area (Å²) in [6.45, 7) is 1.79. The Morgan fingerprint density at radius 3 is 2.62 bits per heavy atom. The van der Waals surface area contributed by atoms with E-state index in [4.69, 9.17) is 11.6 Å². The molecule has 1 saturated heterocycles. The predicted molar refractivity (Wildman–Crippen MR) is 118 cm³/mol. The predicted octanol–water partition coefficient (Wildman–Crippen LogP) is 2.40. The summed E-state index contributed by atoms with van der Waals surface area (Å²) < 4.78 is 40.4. The highest BCUT2D eigenvalue weighted by atomic mass is 35.5. The second kappa shape index (κ2) is 9.05. The number of halogens is 4. The number of rotatable bonds is 6. The Kier molecular flexibility index (Phi) is 6.61. The number of carboxylic acids is 1. The molecule has 17 heteroatoms. The summed E-state index contributed by atoms with van der Waals surface area (Å²) in [5.41, 5.74) is -1.64. The Morgan fingerprint density at radius 1 is 1.35 bits per heavy atom. The van der Waals surface area contributed by atoms with Gasteiger partial charge in [0.25, 0.3) is 11.8 Å². The standard InChI is InChI=1S/C17H14ClF3N6O4S3/c1-5-23-24-16(34-5)33-4-6-3-32-14-8(13(29)27(14)9(6)15(30)31)22-12(28)10-7(18)11(17(19,20)21)25-26(10)2/h8,14H,3-4H2,1-2H3,(H,22,28)(H,30,31)/t8-,14+/m1/s1. The average molecular weight is 555 g/mol. The first kappa shape index (κ1) is 24.8. The molecule has 2 N–H and O–H groups in total. The monoisotopic (exact) mass is 554 g/mol. The number of nitrogens with zero attached hydrogens (tertiary/aromatic N) is 5. The lowest BCUT2D eigenvalue weighted by Gasteiger charge is -2.49. The third-order valence-corrected chi connectivity index (χ3v) is 8.64. The van der Waals surface area contributed by atoms with Crippen molar-refractivity contribution >= 4 is 64.2 Å². The number of fused-ring (bicyclic) bond motifs is 1. The van der Waals surface area contributed by atoms with Gasteiger partial charge in [0, 0.05) is 18.6 Å². The summed E-state index contributed by atoms with van der Waals surface area (Å²) >= 11 is 9.63. The number of carbonyl (C=O) groups is 3. The molecule has 1 fully saturated rings. The minimum atomic E-state index is -4.86. The van der Waals surface area contributed by atoms with Crippen LogP contribution < -0.4 is 5.32 Å². The molecule has 0 spiro atoms. The van der Waals surface area contributed by atoms with Crippen LogP contribution in [-0.4, -0.2) is 70.7 Å². The minimum Gasteiger partial charge on any atom is -0.477 e. The Labute approximate surface area is 206 Å². The number of carbonyl (C=O) groups excluding carboxylic acids is 2. The van der Waals surface area contributed by atoms with Gasteiger partial charge in [0.1, 0.15) is 32.8 Å². The molecule has 0 bridgehead atoms. The van der Waals surface area contributed by atoms with Crippen LogP contribution in [-0.2, 0) is 22.8 Å². The summed E-state index contributed by atoms with van der Waals surface area (Å²) in [5, 5.41) is 22.4. The smallest absolute Gasteiger partial charge is 0.436 e. The highest BCUT2D eigenvalue weighted by Crippen LogP contribution is 2.42. The van der Waals surface area contributed by atoms with E-state index in [1.54, 1.807) is 6.92 Å². The van der Waals surface area contributed by atoms with E-state index < -0.39 is 51.8 Å². The fourth-order valence-corrected chi connectivity index (χ4v) is 7.07. The highest BCUT2D eigenvalue weighted by molar-refractivity contribution is 8.01. The van der Waals surface area contributed by atoms with Crippen LogP contribution in [0.1, 0.15) is 21.2 Å². The van der Waals surface area contributed by atoms with Gasteiger partial charge in [0.15, 0.2) is 10.0 Å². The highest BCUT2D eigenvalue weighted by Gasteiger charge is 2.54. The van der Waals surface area contributed by atoms with E-state index in [-0.39, 0.29) is 17.2 Å². The minimum absolute atomic E-state index is 0.175. The van der Waals surface area contributed by atoms with Gasteiger partial charge < -0.3 is 10.4 Å². The van der Waals surface area contributed by atoms with Crippen molar-refractivity contribution in [2.45, 2.75) is 28.9 Å². The number of aromatic nitrogens is 4. The topological polar surface area (TPSA) is 130 Å². The van der Waals surface area contributed by atoms with Crippen molar-refractivity contribution in [3.05, 3.63) is 32.7 Å². The van der Waals surface area contributed by atoms with Gasteiger partial charge in [0.05, 0.1) is 0 Å². The van der Waals surface area contributed by atoms with Crippen LogP contribution in [0.4, 0.5) is 13.2 Å². The number of aliphatic carboxylic acids is 1. The van der Waals surface area contributed by atoms with Crippen molar-refractivity contribution in [1.29, 1.82) is 0 Å². The summed E-state index contributed by atoms with van der Waals surface area (Å²) in [5.74, 6) is -2.45. The zero-order chi connectivity index (χ0) is 24.9. The quantitative estimate of drug-likeness (QED) is 0.408. The van der Waals surface area contributed by atoms with Crippen molar-refractivity contribution in [2.24, 2.45) is 7.05 Å². The number of alkyl halides is 3. The van der Waals surface area contributed by atoms with Gasteiger partial charge in [-0.3, -0.25) is 19.2 Å². The number of thioether (sulfide) groups is 2. The first-order chi connectivity index (χ1) is 15.9. The van der Waals surface area contributed by atoms with Crippen molar-refractivity contribution in [1.82, 2.24) is 30.2 Å². The van der Waals surface area contributed by atoms with Crippen LogP contribution in [0.2, 0.25) is 5.02 Å². The van der Waals surface area contributed by atoms with Crippen LogP contribution in [0.3, 0.4) is 0 Å². The third kappa shape index (κ3) is 4.38. The lowest BCUT2D eigenvalue weighted by Crippen LogP contribution is -2.70. The number of hydrogen-bond donors (Lipinski definition) is 2. The van der Waals surface area contributed by atoms with Crippen molar-refractivity contribution in [3.63, 3.8) is 0 Å². The van der Waals surface area contributed by atoms with Crippen LogP contribution in [0.15, 0.2) is 15.6 Å². The lowest BCUT2D eigenvalue weighted by molar-refractivity contribution is -0.148. The Morgan fingerprint density at radius 2 is 2.06 bits per heavy atom. The first-order valence-corrected chi connectivity index (χ1v) is 12.6. The maximum atomic E-state index is 13.0. The number of amides is 2. The van der Waals surface area contributed by atoms with Gasteiger partial charge in [0.2, 0.25) is 0 Å². The molecule has 2 aliphatic rings. The Hall–Kier alpha value is -2.30. The molecule has 182 valence electrons. The second-order valence-corrected chi connectivity index (χ2v) is 11.0. The van der Waals surface area contributed by atoms with Gasteiger partial charge in [-0.15, -0.1) is 22.0 Å². The van der Waals surface area contributed by atoms with Gasteiger partial charge in [-0.2, -0.15) is 18.3 Å². The maximum absolute atomic E-state index is 13.0. The molecule has 0 saturated carbocycles. The Bertz CT molecular complexity index is 1230. The van der Waals surface area contributed by atoms with Gasteiger partial charge in [-0.05, 0) is 12.5 Å². The van der Waals surface area contributed by atoms with E-state index >= 15 is 0 Å². The molecule has 0 radical (unpaired) electrons. The molecular weight excluding hydrogens is 541 g/mol. The summed E-state index contributed by atoms with van der Waals surface area (Å²) in [4.78, 5) is 38.4. The zero-order valence-electron chi connectivity index (χ0n) is 17.2. The summed E-state index contributed by atoms with van der Waals surface area (Å²) in [6, 6.07) is -1.13. The van der Waals surface area contributed by atoms with E-state index in [0.717, 1.165) is 17.0 Å². The van der Waals surface area contributed by atoms with Gasteiger partial charge >= 0.3 is 12.1 Å². The zero-order valence-corrected chi connectivity index (χ0v) is 20.4. The maximum Gasteiger partial charge on any atom is 0.436 e. The van der Waals surface area contributed by atoms with E-state index in [2.05, 4.69) is 20.6 Å². The Balaban J connectivity index is 1.51. The lowest BCUT2D eigenvalue weighted by atomic mass is 10.0. The molecule has 10 nitrogen and oxygen atoms in total. The fourth-order valence-electron chi connectivity index (χ4n) is 3.42. The largest absolute Gasteiger partial charge is 0.477 e.